The maximum Gasteiger partial charge on any atom is 0.214 e. The van der Waals surface area contributed by atoms with E-state index in [2.05, 4.69) is 0 Å². The van der Waals surface area contributed by atoms with Crippen LogP contribution in [0.25, 0.3) is 0 Å². The van der Waals surface area contributed by atoms with Crippen molar-refractivity contribution in [2.45, 2.75) is 20.3 Å². The van der Waals surface area contributed by atoms with Gasteiger partial charge in [0.1, 0.15) is 5.82 Å². The van der Waals surface area contributed by atoms with E-state index in [9.17, 15) is 17.6 Å². The van der Waals surface area contributed by atoms with Gasteiger partial charge in [-0.2, -0.15) is 4.31 Å². The number of carbonyl (C=O) groups is 1. The van der Waals surface area contributed by atoms with Crippen LogP contribution < -0.4 is 0 Å². The van der Waals surface area contributed by atoms with Crippen LogP contribution in [0.5, 0.6) is 0 Å². The van der Waals surface area contributed by atoms with Gasteiger partial charge in [-0.1, -0.05) is 18.6 Å². The molecule has 0 radical (unpaired) electrons. The molecule has 7 heteroatoms. The number of benzene rings is 1. The molecule has 0 bridgehead atoms. The van der Waals surface area contributed by atoms with Crippen molar-refractivity contribution in [3.63, 3.8) is 0 Å². The molecule has 1 aliphatic rings. The van der Waals surface area contributed by atoms with Gasteiger partial charge in [0.05, 0.1) is 17.9 Å². The van der Waals surface area contributed by atoms with E-state index in [-0.39, 0.29) is 23.6 Å². The summed E-state index contributed by atoms with van der Waals surface area (Å²) in [6.45, 7) is 5.50. The summed E-state index contributed by atoms with van der Waals surface area (Å²) in [6, 6.07) is 4.49. The van der Waals surface area contributed by atoms with Gasteiger partial charge >= 0.3 is 0 Å². The van der Waals surface area contributed by atoms with E-state index in [4.69, 9.17) is 0 Å². The highest BCUT2D eigenvalue weighted by molar-refractivity contribution is 7.89. The molecule has 0 N–H and O–H groups in total. The summed E-state index contributed by atoms with van der Waals surface area (Å²) in [7, 11) is -3.19. The first kappa shape index (κ1) is 18.0. The summed E-state index contributed by atoms with van der Waals surface area (Å²) in [5.41, 5.74) is 0.941. The quantitative estimate of drug-likeness (QED) is 0.738. The van der Waals surface area contributed by atoms with Crippen LogP contribution in [0.2, 0.25) is 0 Å². The lowest BCUT2D eigenvalue weighted by atomic mass is 10.1. The molecule has 0 aromatic heterocycles. The van der Waals surface area contributed by atoms with Crippen LogP contribution >= 0.6 is 0 Å². The molecular formula is C16H23FN2O3S. The van der Waals surface area contributed by atoms with Crippen LogP contribution in [-0.2, 0) is 10.0 Å². The van der Waals surface area contributed by atoms with Crippen molar-refractivity contribution < 1.29 is 17.6 Å². The maximum absolute atomic E-state index is 13.8. The van der Waals surface area contributed by atoms with Crippen LogP contribution in [0, 0.1) is 12.7 Å². The summed E-state index contributed by atoms with van der Waals surface area (Å²) >= 11 is 0. The Morgan fingerprint density at radius 1 is 1.22 bits per heavy atom. The van der Waals surface area contributed by atoms with E-state index in [1.54, 1.807) is 12.1 Å². The highest BCUT2D eigenvalue weighted by Crippen LogP contribution is 2.13. The minimum Gasteiger partial charge on any atom is -0.293 e. The Labute approximate surface area is 137 Å². The van der Waals surface area contributed by atoms with Gasteiger partial charge in [0, 0.05) is 26.2 Å². The number of carbonyl (C=O) groups excluding carboxylic acids is 1. The van der Waals surface area contributed by atoms with Gasteiger partial charge in [0.2, 0.25) is 10.0 Å². The number of rotatable bonds is 6. The molecule has 2 rings (SSSR count). The number of piperazine rings is 1. The smallest absolute Gasteiger partial charge is 0.214 e. The van der Waals surface area contributed by atoms with Crippen molar-refractivity contribution in [3.8, 4) is 0 Å². The Morgan fingerprint density at radius 3 is 2.48 bits per heavy atom. The van der Waals surface area contributed by atoms with E-state index >= 15 is 0 Å². The Morgan fingerprint density at radius 2 is 1.87 bits per heavy atom. The lowest BCUT2D eigenvalue weighted by Gasteiger charge is -2.33. The van der Waals surface area contributed by atoms with Gasteiger partial charge in [-0.05, 0) is 25.5 Å². The Bertz CT molecular complexity index is 668. The lowest BCUT2D eigenvalue weighted by molar-refractivity contribution is 0.0897. The molecule has 1 aliphatic heterocycles. The van der Waals surface area contributed by atoms with E-state index in [1.807, 2.05) is 18.7 Å². The minimum atomic E-state index is -3.19. The second-order valence-electron chi connectivity index (χ2n) is 5.90. The number of sulfonamides is 1. The molecule has 0 spiro atoms. The second-order valence-corrected chi connectivity index (χ2v) is 7.99. The fourth-order valence-electron chi connectivity index (χ4n) is 2.69. The molecular weight excluding hydrogens is 319 g/mol. The molecule has 0 saturated carbocycles. The first-order valence-corrected chi connectivity index (χ1v) is 9.44. The fourth-order valence-corrected chi connectivity index (χ4v) is 4.19. The summed E-state index contributed by atoms with van der Waals surface area (Å²) in [5, 5.41) is 0. The van der Waals surface area contributed by atoms with Gasteiger partial charge in [0.15, 0.2) is 5.78 Å². The maximum atomic E-state index is 13.8. The van der Waals surface area contributed by atoms with Crippen LogP contribution in [0.4, 0.5) is 4.39 Å². The zero-order chi connectivity index (χ0) is 17.0. The topological polar surface area (TPSA) is 57.7 Å². The Hall–Kier alpha value is -1.31. The molecule has 1 saturated heterocycles. The number of Topliss-reactive ketones (excluding diaryl/α,β-unsaturated/α-hetero) is 1. The average Bonchev–Trinajstić information content (AvgIpc) is 2.50. The zero-order valence-corrected chi connectivity index (χ0v) is 14.4. The molecule has 128 valence electrons. The minimum absolute atomic E-state index is 0.103. The number of hydrogen-bond acceptors (Lipinski definition) is 4. The normalized spacial score (nSPS) is 17.3. The third-order valence-corrected chi connectivity index (χ3v) is 6.05. The number of aryl methyl sites for hydroxylation is 1. The first-order valence-electron chi connectivity index (χ1n) is 7.83. The monoisotopic (exact) mass is 342 g/mol. The molecule has 0 atom stereocenters. The first-order chi connectivity index (χ1) is 10.8. The Kier molecular flexibility index (Phi) is 5.89. The lowest BCUT2D eigenvalue weighted by Crippen LogP contribution is -2.50. The van der Waals surface area contributed by atoms with Crippen molar-refractivity contribution in [2.75, 3.05) is 38.5 Å². The highest BCUT2D eigenvalue weighted by atomic mass is 32.2. The molecule has 0 aliphatic carbocycles. The average molecular weight is 342 g/mol. The van der Waals surface area contributed by atoms with Crippen molar-refractivity contribution in [1.82, 2.24) is 9.21 Å². The predicted molar refractivity (Wildman–Crippen MR) is 87.6 cm³/mol. The predicted octanol–water partition coefficient (Wildman–Crippen LogP) is 1.67. The molecule has 0 amide bonds. The third kappa shape index (κ3) is 4.59. The molecule has 23 heavy (non-hydrogen) atoms. The second kappa shape index (κ2) is 7.51. The SMILES string of the molecule is CCCS(=O)(=O)N1CCN(CC(=O)c2cc(C)ccc2F)CC1. The zero-order valence-electron chi connectivity index (χ0n) is 13.6. The molecule has 0 unspecified atom stereocenters. The van der Waals surface area contributed by atoms with Gasteiger partial charge in [-0.25, -0.2) is 12.8 Å². The van der Waals surface area contributed by atoms with Crippen molar-refractivity contribution >= 4 is 15.8 Å². The number of hydrogen-bond donors (Lipinski definition) is 0. The molecule has 1 heterocycles. The van der Waals surface area contributed by atoms with E-state index in [0.717, 1.165) is 5.56 Å². The van der Waals surface area contributed by atoms with Gasteiger partial charge < -0.3 is 0 Å². The standard InChI is InChI=1S/C16H23FN2O3S/c1-3-10-23(21,22)19-8-6-18(7-9-19)12-16(20)14-11-13(2)4-5-15(14)17/h4-5,11H,3,6-10,12H2,1-2H3. The number of ketones is 1. The van der Waals surface area contributed by atoms with E-state index in [0.29, 0.717) is 32.6 Å². The van der Waals surface area contributed by atoms with E-state index < -0.39 is 15.8 Å². The van der Waals surface area contributed by atoms with Crippen LogP contribution in [0.15, 0.2) is 18.2 Å². The summed E-state index contributed by atoms with van der Waals surface area (Å²) in [4.78, 5) is 14.1. The van der Waals surface area contributed by atoms with Crippen LogP contribution in [0.1, 0.15) is 29.3 Å². The highest BCUT2D eigenvalue weighted by Gasteiger charge is 2.27. The molecule has 1 aromatic carbocycles. The van der Waals surface area contributed by atoms with E-state index in [1.165, 1.54) is 10.4 Å². The molecule has 5 nitrogen and oxygen atoms in total. The summed E-state index contributed by atoms with van der Waals surface area (Å²) in [5.74, 6) is -0.624. The van der Waals surface area contributed by atoms with Gasteiger partial charge in [0.25, 0.3) is 0 Å². The molecule has 1 fully saturated rings. The number of halogens is 1. The van der Waals surface area contributed by atoms with Crippen LogP contribution in [0.3, 0.4) is 0 Å². The molecule has 1 aromatic rings. The number of nitrogens with zero attached hydrogens (tertiary/aromatic N) is 2. The summed E-state index contributed by atoms with van der Waals surface area (Å²) in [6.07, 6.45) is 0.591. The van der Waals surface area contributed by atoms with Crippen LogP contribution in [-0.4, -0.2) is 61.9 Å². The largest absolute Gasteiger partial charge is 0.293 e. The summed E-state index contributed by atoms with van der Waals surface area (Å²) < 4.78 is 39.2. The van der Waals surface area contributed by atoms with Crippen molar-refractivity contribution in [2.24, 2.45) is 0 Å². The fraction of sp³-hybridized carbons (Fsp3) is 0.562. The third-order valence-electron chi connectivity index (χ3n) is 3.98. The van der Waals surface area contributed by atoms with Crippen molar-refractivity contribution in [3.05, 3.63) is 35.1 Å². The van der Waals surface area contributed by atoms with Crippen molar-refractivity contribution in [1.29, 1.82) is 0 Å². The Balaban J connectivity index is 1.94. The van der Waals surface area contributed by atoms with Gasteiger partial charge in [-0.3, -0.25) is 9.69 Å². The van der Waals surface area contributed by atoms with Gasteiger partial charge in [-0.15, -0.1) is 0 Å².